The minimum absolute atomic E-state index is 0.0987. The Morgan fingerprint density at radius 1 is 1.00 bits per heavy atom. The van der Waals surface area contributed by atoms with E-state index in [1.807, 2.05) is 0 Å². The van der Waals surface area contributed by atoms with Crippen LogP contribution >= 0.6 is 0 Å². The molecule has 1 heterocycles. The molecule has 2 aromatic carbocycles. The van der Waals surface area contributed by atoms with Gasteiger partial charge >= 0.3 is 0 Å². The largest absolute Gasteiger partial charge is 0.317 e. The number of benzene rings is 2. The fraction of sp³-hybridized carbons (Fsp3) is 0.0625. The van der Waals surface area contributed by atoms with Gasteiger partial charge in [-0.25, -0.2) is 27.2 Å². The standard InChI is InChI=1S/C16H10F4N4O/c1-8-21-15(16(25)22-13-4-2-9(17)6-11(13)19)23-24(8)14-5-3-10(18)7-12(14)20/h2-7H,1H3,(H,22,25). The topological polar surface area (TPSA) is 59.8 Å². The van der Waals surface area contributed by atoms with Gasteiger partial charge in [0.05, 0.1) is 5.69 Å². The second-order valence-corrected chi connectivity index (χ2v) is 5.07. The molecule has 3 aromatic rings. The molecule has 25 heavy (non-hydrogen) atoms. The summed E-state index contributed by atoms with van der Waals surface area (Å²) in [5.74, 6) is -4.46. The van der Waals surface area contributed by atoms with E-state index in [2.05, 4.69) is 15.4 Å². The first-order valence-electron chi connectivity index (χ1n) is 7.00. The predicted octanol–water partition coefficient (Wildman–Crippen LogP) is 3.38. The molecule has 0 unspecified atom stereocenters. The van der Waals surface area contributed by atoms with Crippen LogP contribution in [0.3, 0.4) is 0 Å². The van der Waals surface area contributed by atoms with Gasteiger partial charge in [0.25, 0.3) is 5.91 Å². The Hall–Kier alpha value is -3.23. The third-order valence-corrected chi connectivity index (χ3v) is 3.29. The molecule has 0 saturated heterocycles. The van der Waals surface area contributed by atoms with Crippen LogP contribution in [0.2, 0.25) is 0 Å². The summed E-state index contributed by atoms with van der Waals surface area (Å²) in [5, 5.41) is 6.05. The summed E-state index contributed by atoms with van der Waals surface area (Å²) in [6.45, 7) is 1.46. The minimum atomic E-state index is -0.964. The van der Waals surface area contributed by atoms with Crippen LogP contribution in [0.5, 0.6) is 0 Å². The number of hydrogen-bond acceptors (Lipinski definition) is 3. The molecule has 3 rings (SSSR count). The highest BCUT2D eigenvalue weighted by Gasteiger charge is 2.18. The zero-order chi connectivity index (χ0) is 18.1. The van der Waals surface area contributed by atoms with Gasteiger partial charge in [0, 0.05) is 12.1 Å². The number of halogens is 4. The quantitative estimate of drug-likeness (QED) is 0.737. The average molecular weight is 350 g/mol. The van der Waals surface area contributed by atoms with E-state index >= 15 is 0 Å². The number of anilines is 1. The van der Waals surface area contributed by atoms with Gasteiger partial charge in [0.1, 0.15) is 29.0 Å². The van der Waals surface area contributed by atoms with E-state index in [1.54, 1.807) is 0 Å². The summed E-state index contributed by atoms with van der Waals surface area (Å²) in [6.07, 6.45) is 0. The molecule has 5 nitrogen and oxygen atoms in total. The average Bonchev–Trinajstić information content (AvgIpc) is 2.92. The lowest BCUT2D eigenvalue weighted by Crippen LogP contribution is -2.15. The fourth-order valence-electron chi connectivity index (χ4n) is 2.14. The summed E-state index contributed by atoms with van der Waals surface area (Å²) < 4.78 is 54.3. The first-order valence-corrected chi connectivity index (χ1v) is 7.00. The molecular formula is C16H10F4N4O. The summed E-state index contributed by atoms with van der Waals surface area (Å²) in [6, 6.07) is 5.49. The Labute approximate surface area is 138 Å². The van der Waals surface area contributed by atoms with Crippen molar-refractivity contribution in [3.8, 4) is 5.69 Å². The molecule has 128 valence electrons. The van der Waals surface area contributed by atoms with E-state index in [-0.39, 0.29) is 23.0 Å². The Morgan fingerprint density at radius 2 is 1.64 bits per heavy atom. The van der Waals surface area contributed by atoms with Gasteiger partial charge in [0.2, 0.25) is 5.82 Å². The molecule has 0 fully saturated rings. The molecule has 0 bridgehead atoms. The maximum atomic E-state index is 13.8. The van der Waals surface area contributed by atoms with Crippen LogP contribution in [0, 0.1) is 30.2 Å². The predicted molar refractivity (Wildman–Crippen MR) is 80.3 cm³/mol. The van der Waals surface area contributed by atoms with E-state index in [0.717, 1.165) is 28.9 Å². The zero-order valence-electron chi connectivity index (χ0n) is 12.7. The molecule has 1 N–H and O–H groups in total. The van der Waals surface area contributed by atoms with Crippen molar-refractivity contribution in [1.82, 2.24) is 14.8 Å². The number of amides is 1. The van der Waals surface area contributed by atoms with Crippen molar-refractivity contribution in [2.45, 2.75) is 6.92 Å². The highest BCUT2D eigenvalue weighted by Crippen LogP contribution is 2.18. The number of nitrogens with one attached hydrogen (secondary N) is 1. The summed E-state index contributed by atoms with van der Waals surface area (Å²) in [5.41, 5.74) is -0.355. The maximum Gasteiger partial charge on any atom is 0.295 e. The van der Waals surface area contributed by atoms with Crippen LogP contribution in [-0.4, -0.2) is 20.7 Å². The van der Waals surface area contributed by atoms with Gasteiger partial charge in [-0.2, -0.15) is 0 Å². The van der Waals surface area contributed by atoms with E-state index in [1.165, 1.54) is 6.92 Å². The first kappa shape index (κ1) is 16.6. The third kappa shape index (κ3) is 3.35. The summed E-state index contributed by atoms with van der Waals surface area (Å²) in [7, 11) is 0. The number of carbonyl (C=O) groups is 1. The second-order valence-electron chi connectivity index (χ2n) is 5.07. The monoisotopic (exact) mass is 350 g/mol. The number of carbonyl (C=O) groups excluding carboxylic acids is 1. The van der Waals surface area contributed by atoms with E-state index in [4.69, 9.17) is 0 Å². The van der Waals surface area contributed by atoms with Crippen LogP contribution in [0.4, 0.5) is 23.2 Å². The van der Waals surface area contributed by atoms with Crippen molar-refractivity contribution in [3.63, 3.8) is 0 Å². The number of aryl methyl sites for hydroxylation is 1. The number of nitrogens with zero attached hydrogens (tertiary/aromatic N) is 3. The normalized spacial score (nSPS) is 10.8. The molecule has 1 amide bonds. The molecule has 1 aromatic heterocycles. The molecule has 0 atom stereocenters. The van der Waals surface area contributed by atoms with Gasteiger partial charge in [-0.05, 0) is 31.2 Å². The van der Waals surface area contributed by atoms with Gasteiger partial charge in [-0.3, -0.25) is 4.79 Å². The van der Waals surface area contributed by atoms with Gasteiger partial charge < -0.3 is 5.32 Å². The first-order chi connectivity index (χ1) is 11.8. The Kier molecular flexibility index (Phi) is 4.22. The lowest BCUT2D eigenvalue weighted by atomic mass is 10.3. The molecule has 0 spiro atoms. The molecule has 0 aliphatic heterocycles. The lowest BCUT2D eigenvalue weighted by molar-refractivity contribution is 0.101. The highest BCUT2D eigenvalue weighted by atomic mass is 19.1. The zero-order valence-corrected chi connectivity index (χ0v) is 12.7. The lowest BCUT2D eigenvalue weighted by Gasteiger charge is -2.05. The van der Waals surface area contributed by atoms with E-state index < -0.39 is 29.2 Å². The van der Waals surface area contributed by atoms with Crippen molar-refractivity contribution >= 4 is 11.6 Å². The Morgan fingerprint density at radius 3 is 2.28 bits per heavy atom. The van der Waals surface area contributed by atoms with Crippen molar-refractivity contribution in [3.05, 3.63) is 71.3 Å². The van der Waals surface area contributed by atoms with Crippen molar-refractivity contribution in [2.24, 2.45) is 0 Å². The Bertz CT molecular complexity index is 971. The van der Waals surface area contributed by atoms with Crippen LogP contribution in [-0.2, 0) is 0 Å². The van der Waals surface area contributed by atoms with E-state index in [0.29, 0.717) is 12.1 Å². The van der Waals surface area contributed by atoms with Gasteiger partial charge in [0.15, 0.2) is 5.82 Å². The third-order valence-electron chi connectivity index (χ3n) is 3.29. The number of rotatable bonds is 3. The van der Waals surface area contributed by atoms with E-state index in [9.17, 15) is 22.4 Å². The van der Waals surface area contributed by atoms with Gasteiger partial charge in [-0.15, -0.1) is 5.10 Å². The smallest absolute Gasteiger partial charge is 0.295 e. The highest BCUT2D eigenvalue weighted by molar-refractivity contribution is 6.01. The Balaban J connectivity index is 1.90. The molecule has 9 heteroatoms. The van der Waals surface area contributed by atoms with Crippen LogP contribution in [0.1, 0.15) is 16.4 Å². The van der Waals surface area contributed by atoms with Gasteiger partial charge in [-0.1, -0.05) is 0 Å². The van der Waals surface area contributed by atoms with Crippen molar-refractivity contribution in [1.29, 1.82) is 0 Å². The minimum Gasteiger partial charge on any atom is -0.317 e. The number of hydrogen-bond donors (Lipinski definition) is 1. The second kappa shape index (κ2) is 6.34. The molecule has 0 aliphatic carbocycles. The van der Waals surface area contributed by atoms with Crippen molar-refractivity contribution < 1.29 is 22.4 Å². The van der Waals surface area contributed by atoms with Crippen LogP contribution in [0.25, 0.3) is 5.69 Å². The van der Waals surface area contributed by atoms with Crippen LogP contribution < -0.4 is 5.32 Å². The summed E-state index contributed by atoms with van der Waals surface area (Å²) in [4.78, 5) is 16.0. The SMILES string of the molecule is Cc1nc(C(=O)Nc2ccc(F)cc2F)nn1-c1ccc(F)cc1F. The fourth-order valence-corrected chi connectivity index (χ4v) is 2.14. The summed E-state index contributed by atoms with van der Waals surface area (Å²) >= 11 is 0. The maximum absolute atomic E-state index is 13.8. The molecule has 0 radical (unpaired) electrons. The molecular weight excluding hydrogens is 340 g/mol. The molecule has 0 aliphatic rings. The van der Waals surface area contributed by atoms with Crippen LogP contribution in [0.15, 0.2) is 36.4 Å². The molecule has 0 saturated carbocycles. The number of aromatic nitrogens is 3. The van der Waals surface area contributed by atoms with Crippen molar-refractivity contribution in [2.75, 3.05) is 5.32 Å².